The molecule has 1 fully saturated rings. The summed E-state index contributed by atoms with van der Waals surface area (Å²) in [5, 5.41) is 0. The molecule has 0 nitrogen and oxygen atoms in total. The van der Waals surface area contributed by atoms with Crippen molar-refractivity contribution in [2.75, 3.05) is 0 Å². The monoisotopic (exact) mass is 338 g/mol. The first-order chi connectivity index (χ1) is 11.8. The van der Waals surface area contributed by atoms with Gasteiger partial charge in [-0.25, -0.2) is 0 Å². The number of hydrogen-bond acceptors (Lipinski definition) is 0. The molecule has 0 saturated heterocycles. The summed E-state index contributed by atoms with van der Waals surface area (Å²) in [6, 6.07) is 9.10. The standard InChI is InChI=1S/C25H38/c1-7-21(18-20(3)16-17-25(4,5)6)23-10-8-9-11-24(23)22-14-12-19(2)13-15-22/h7-11,19,21-22H,1,3,12-18H2,2,4-6H3. The molecule has 1 saturated carbocycles. The van der Waals surface area contributed by atoms with Crippen LogP contribution in [0.5, 0.6) is 0 Å². The fourth-order valence-electron chi connectivity index (χ4n) is 4.08. The van der Waals surface area contributed by atoms with Gasteiger partial charge in [0, 0.05) is 5.92 Å². The largest absolute Gasteiger partial charge is 0.102 e. The Bertz CT molecular complexity index is 564. The molecule has 1 aromatic rings. The summed E-state index contributed by atoms with van der Waals surface area (Å²) in [5.74, 6) is 2.04. The van der Waals surface area contributed by atoms with Gasteiger partial charge in [0.15, 0.2) is 0 Å². The minimum atomic E-state index is 0.378. The van der Waals surface area contributed by atoms with Crippen LogP contribution in [0.1, 0.15) is 95.6 Å². The van der Waals surface area contributed by atoms with E-state index in [1.54, 1.807) is 5.56 Å². The lowest BCUT2D eigenvalue weighted by Crippen LogP contribution is -2.13. The number of hydrogen-bond donors (Lipinski definition) is 0. The minimum absolute atomic E-state index is 0.378. The van der Waals surface area contributed by atoms with Crippen LogP contribution in [0.3, 0.4) is 0 Å². The number of benzene rings is 1. The first kappa shape index (κ1) is 20.0. The van der Waals surface area contributed by atoms with E-state index in [0.29, 0.717) is 11.3 Å². The molecular weight excluding hydrogens is 300 g/mol. The number of rotatable bonds is 7. The van der Waals surface area contributed by atoms with Crippen LogP contribution in [0.15, 0.2) is 49.1 Å². The highest BCUT2D eigenvalue weighted by atomic mass is 14.3. The summed E-state index contributed by atoms with van der Waals surface area (Å²) in [6.07, 6.45) is 10.9. The van der Waals surface area contributed by atoms with E-state index in [2.05, 4.69) is 71.2 Å². The van der Waals surface area contributed by atoms with Crippen molar-refractivity contribution < 1.29 is 0 Å². The second kappa shape index (κ2) is 8.88. The summed E-state index contributed by atoms with van der Waals surface area (Å²) in [5.41, 5.74) is 4.81. The van der Waals surface area contributed by atoms with Crippen LogP contribution in [0, 0.1) is 11.3 Å². The van der Waals surface area contributed by atoms with Crippen molar-refractivity contribution in [2.45, 2.75) is 84.5 Å². The first-order valence-corrected chi connectivity index (χ1v) is 10.2. The quantitative estimate of drug-likeness (QED) is 0.441. The maximum atomic E-state index is 4.38. The van der Waals surface area contributed by atoms with E-state index in [1.165, 1.54) is 43.2 Å². The minimum Gasteiger partial charge on any atom is -0.102 e. The predicted octanol–water partition coefficient (Wildman–Crippen LogP) is 8.02. The molecule has 1 aliphatic carbocycles. The molecule has 0 bridgehead atoms. The summed E-state index contributed by atoms with van der Waals surface area (Å²) >= 11 is 0. The lowest BCUT2D eigenvalue weighted by Gasteiger charge is -2.30. The third-order valence-corrected chi connectivity index (χ3v) is 5.87. The third kappa shape index (κ3) is 6.17. The molecule has 0 heteroatoms. The Morgan fingerprint density at radius 1 is 1.16 bits per heavy atom. The fourth-order valence-corrected chi connectivity index (χ4v) is 4.08. The third-order valence-electron chi connectivity index (χ3n) is 5.87. The lowest BCUT2D eigenvalue weighted by atomic mass is 9.75. The molecule has 0 radical (unpaired) electrons. The molecule has 0 N–H and O–H groups in total. The Balaban J connectivity index is 2.10. The van der Waals surface area contributed by atoms with E-state index in [-0.39, 0.29) is 0 Å². The lowest BCUT2D eigenvalue weighted by molar-refractivity contribution is 0.346. The van der Waals surface area contributed by atoms with Crippen LogP contribution in [0.4, 0.5) is 0 Å². The zero-order chi connectivity index (χ0) is 18.4. The Morgan fingerprint density at radius 3 is 2.40 bits per heavy atom. The zero-order valence-electron chi connectivity index (χ0n) is 17.0. The van der Waals surface area contributed by atoms with Crippen LogP contribution in [-0.4, -0.2) is 0 Å². The fraction of sp³-hybridized carbons (Fsp3) is 0.600. The average Bonchev–Trinajstić information content (AvgIpc) is 2.58. The smallest absolute Gasteiger partial charge is 0.00552 e. The summed E-state index contributed by atoms with van der Waals surface area (Å²) in [4.78, 5) is 0. The van der Waals surface area contributed by atoms with Gasteiger partial charge in [0.05, 0.1) is 0 Å². The zero-order valence-corrected chi connectivity index (χ0v) is 17.0. The molecular formula is C25H38. The maximum absolute atomic E-state index is 4.38. The highest BCUT2D eigenvalue weighted by Crippen LogP contribution is 2.40. The topological polar surface area (TPSA) is 0 Å². The van der Waals surface area contributed by atoms with Crippen molar-refractivity contribution in [3.05, 3.63) is 60.2 Å². The van der Waals surface area contributed by atoms with Gasteiger partial charge < -0.3 is 0 Å². The SMILES string of the molecule is C=CC(CC(=C)CCC(C)(C)C)c1ccccc1C1CCC(C)CC1. The molecule has 25 heavy (non-hydrogen) atoms. The highest BCUT2D eigenvalue weighted by molar-refractivity contribution is 5.36. The molecule has 1 aromatic carbocycles. The van der Waals surface area contributed by atoms with E-state index >= 15 is 0 Å². The second-order valence-corrected chi connectivity index (χ2v) is 9.44. The molecule has 0 aliphatic heterocycles. The number of allylic oxidation sites excluding steroid dienone is 2. The van der Waals surface area contributed by atoms with E-state index in [0.717, 1.165) is 24.7 Å². The molecule has 1 atom stereocenters. The predicted molar refractivity (Wildman–Crippen MR) is 112 cm³/mol. The molecule has 0 spiro atoms. The molecule has 0 heterocycles. The molecule has 0 amide bonds. The van der Waals surface area contributed by atoms with Crippen molar-refractivity contribution >= 4 is 0 Å². The Hall–Kier alpha value is -1.30. The van der Waals surface area contributed by atoms with E-state index in [1.807, 2.05) is 0 Å². The molecule has 1 unspecified atom stereocenters. The van der Waals surface area contributed by atoms with Crippen molar-refractivity contribution in [3.8, 4) is 0 Å². The highest BCUT2D eigenvalue weighted by Gasteiger charge is 2.24. The molecule has 0 aromatic heterocycles. The van der Waals surface area contributed by atoms with Gasteiger partial charge in [0.1, 0.15) is 0 Å². The van der Waals surface area contributed by atoms with Gasteiger partial charge in [-0.05, 0) is 60.5 Å². The Morgan fingerprint density at radius 2 is 1.80 bits per heavy atom. The van der Waals surface area contributed by atoms with Gasteiger partial charge in [0.25, 0.3) is 0 Å². The first-order valence-electron chi connectivity index (χ1n) is 10.2. The Kier molecular flexibility index (Phi) is 7.11. The van der Waals surface area contributed by atoms with Crippen molar-refractivity contribution in [3.63, 3.8) is 0 Å². The van der Waals surface area contributed by atoms with Crippen LogP contribution in [0.25, 0.3) is 0 Å². The summed E-state index contributed by atoms with van der Waals surface area (Å²) < 4.78 is 0. The van der Waals surface area contributed by atoms with Gasteiger partial charge in [0.2, 0.25) is 0 Å². The normalized spacial score (nSPS) is 22.4. The second-order valence-electron chi connectivity index (χ2n) is 9.44. The molecule has 1 aliphatic rings. The molecule has 2 rings (SSSR count). The summed E-state index contributed by atoms with van der Waals surface area (Å²) in [7, 11) is 0. The van der Waals surface area contributed by atoms with E-state index in [9.17, 15) is 0 Å². The van der Waals surface area contributed by atoms with Crippen LogP contribution >= 0.6 is 0 Å². The van der Waals surface area contributed by atoms with E-state index in [4.69, 9.17) is 0 Å². The van der Waals surface area contributed by atoms with Crippen molar-refractivity contribution in [2.24, 2.45) is 11.3 Å². The van der Waals surface area contributed by atoms with Gasteiger partial charge in [-0.15, -0.1) is 6.58 Å². The maximum Gasteiger partial charge on any atom is 0.00552 e. The van der Waals surface area contributed by atoms with Crippen LogP contribution < -0.4 is 0 Å². The van der Waals surface area contributed by atoms with Crippen molar-refractivity contribution in [1.29, 1.82) is 0 Å². The Labute approximate surface area is 156 Å². The summed E-state index contributed by atoms with van der Waals surface area (Å²) in [6.45, 7) is 17.9. The van der Waals surface area contributed by atoms with Crippen molar-refractivity contribution in [1.82, 2.24) is 0 Å². The average molecular weight is 339 g/mol. The van der Waals surface area contributed by atoms with E-state index < -0.39 is 0 Å². The van der Waals surface area contributed by atoms with Gasteiger partial charge >= 0.3 is 0 Å². The van der Waals surface area contributed by atoms with Gasteiger partial charge in [-0.3, -0.25) is 0 Å². The van der Waals surface area contributed by atoms with Gasteiger partial charge in [-0.2, -0.15) is 0 Å². The van der Waals surface area contributed by atoms with Gasteiger partial charge in [-0.1, -0.05) is 83.0 Å². The molecule has 138 valence electrons. The van der Waals surface area contributed by atoms with Crippen LogP contribution in [-0.2, 0) is 0 Å². The van der Waals surface area contributed by atoms with Crippen LogP contribution in [0.2, 0.25) is 0 Å².